The molecule has 0 spiro atoms. The average molecular weight is 752 g/mol. The van der Waals surface area contributed by atoms with Gasteiger partial charge in [0.15, 0.2) is 17.5 Å². The van der Waals surface area contributed by atoms with Crippen molar-refractivity contribution in [1.29, 1.82) is 0 Å². The Morgan fingerprint density at radius 3 is 1.00 bits per heavy atom. The fourth-order valence-corrected chi connectivity index (χ4v) is 8.91. The lowest BCUT2D eigenvalue weighted by molar-refractivity contribution is 1.08. The van der Waals surface area contributed by atoms with Crippen molar-refractivity contribution in [2.45, 2.75) is 0 Å². The Morgan fingerprint density at radius 1 is 0.267 bits per heavy atom. The van der Waals surface area contributed by atoms with E-state index in [-0.39, 0.29) is 82.6 Å². The van der Waals surface area contributed by atoms with Crippen LogP contribution in [0, 0.1) is 0 Å². The number of aromatic nitrogens is 3. The Morgan fingerprint density at radius 2 is 0.567 bits per heavy atom. The SMILES string of the molecule is [B]c1c([B])c([B])c(-c2c([B])c([B])c3sc4c([B])c([B])c(-c5nc(-c6ccc(-c7ccccc7)cc6)nc(-c6ccc(-c7ccccc7)cc6)n5)c([B])c4c3c2[B])c([B])c1[B]. The number of rotatable bonds is 6. The maximum absolute atomic E-state index is 7.19. The summed E-state index contributed by atoms with van der Waals surface area (Å²) < 4.78 is 1.04. The molecule has 0 N–H and O–H groups in total. The lowest BCUT2D eigenvalue weighted by Crippen LogP contribution is -2.56. The van der Waals surface area contributed by atoms with Crippen molar-refractivity contribution >= 4 is 178 Å². The normalized spacial score (nSPS) is 11.4. The summed E-state index contributed by atoms with van der Waals surface area (Å²) in [5, 5.41) is 0.899. The third kappa shape index (κ3) is 6.48. The summed E-state index contributed by atoms with van der Waals surface area (Å²) in [6, 6.07) is 36.1. The molecule has 0 aliphatic rings. The lowest BCUT2D eigenvalue weighted by atomic mass is 9.57. The van der Waals surface area contributed by atoms with Gasteiger partial charge in [0, 0.05) is 26.1 Å². The molecule has 60 heavy (non-hydrogen) atoms. The lowest BCUT2D eigenvalue weighted by Gasteiger charge is -2.26. The largest absolute Gasteiger partial charge is 0.208 e. The first kappa shape index (κ1) is 39.9. The maximum Gasteiger partial charge on any atom is 0.164 e. The Bertz CT molecular complexity index is 3060. The van der Waals surface area contributed by atoms with Gasteiger partial charge >= 0.3 is 0 Å². The summed E-state index contributed by atoms with van der Waals surface area (Å²) in [5.41, 5.74) is 7.54. The summed E-state index contributed by atoms with van der Waals surface area (Å²) in [6.07, 6.45) is 0. The van der Waals surface area contributed by atoms with Gasteiger partial charge in [-0.25, -0.2) is 15.0 Å². The number of thiophene rings is 1. The first-order valence-electron chi connectivity index (χ1n) is 18.6. The molecule has 9 aromatic rings. The Kier molecular flexibility index (Phi) is 10.3. The van der Waals surface area contributed by atoms with E-state index in [0.717, 1.165) is 33.4 Å². The molecule has 9 rings (SSSR count). The second kappa shape index (κ2) is 15.5. The van der Waals surface area contributed by atoms with Crippen LogP contribution in [0.25, 0.3) is 87.7 Å². The van der Waals surface area contributed by atoms with Gasteiger partial charge in [-0.2, -0.15) is 0 Å². The summed E-state index contributed by atoms with van der Waals surface area (Å²) in [4.78, 5) is 14.9. The standard InChI is InChI=1S/C45H18B11N3S/c46-30-25(26-32(48)36(52)38(54)37(53)33(26)49)34(50)39(55)41-27(30)28-31(47)29(35(51)40(56)42(28)60-41)45-58-43(23-15-11-21(12-16-23)19-7-3-1-4-8-19)57-44(59-45)24-17-13-22(14-18-24)20-9-5-2-6-10-20/h1-18H. The minimum absolute atomic E-state index is 0.0222. The van der Waals surface area contributed by atoms with Crippen molar-refractivity contribution in [3.8, 4) is 67.5 Å². The van der Waals surface area contributed by atoms with Gasteiger partial charge < -0.3 is 0 Å². The maximum atomic E-state index is 7.19. The van der Waals surface area contributed by atoms with Crippen LogP contribution in [0.4, 0.5) is 0 Å². The number of hydrogen-bond donors (Lipinski definition) is 0. The highest BCUT2D eigenvalue weighted by atomic mass is 32.1. The molecule has 0 atom stereocenters. The number of fused-ring (bicyclic) bond motifs is 3. The fourth-order valence-electron chi connectivity index (χ4n) is 7.64. The molecule has 0 amide bonds. The zero-order chi connectivity index (χ0) is 42.1. The highest BCUT2D eigenvalue weighted by molar-refractivity contribution is 7.28. The second-order valence-corrected chi connectivity index (χ2v) is 15.4. The second-order valence-electron chi connectivity index (χ2n) is 14.4. The van der Waals surface area contributed by atoms with Gasteiger partial charge in [-0.1, -0.05) is 153 Å². The monoisotopic (exact) mass is 753 g/mol. The molecule has 22 radical (unpaired) electrons. The van der Waals surface area contributed by atoms with Crippen molar-refractivity contribution in [2.24, 2.45) is 0 Å². The van der Waals surface area contributed by atoms with Gasteiger partial charge in [-0.05, 0) is 44.2 Å². The zero-order valence-electron chi connectivity index (χ0n) is 32.0. The van der Waals surface area contributed by atoms with E-state index in [0.29, 0.717) is 31.8 Å². The number of nitrogens with zero attached hydrogens (tertiary/aromatic N) is 3. The van der Waals surface area contributed by atoms with Crippen molar-refractivity contribution in [2.75, 3.05) is 0 Å². The molecular formula is C45H18B11N3S. The molecule has 0 saturated carbocycles. The summed E-state index contributed by atoms with van der Waals surface area (Å²) >= 11 is 1.24. The van der Waals surface area contributed by atoms with E-state index in [4.69, 9.17) is 101 Å². The van der Waals surface area contributed by atoms with Crippen molar-refractivity contribution in [1.82, 2.24) is 15.0 Å². The molecule has 15 heteroatoms. The van der Waals surface area contributed by atoms with E-state index in [1.807, 2.05) is 84.9 Å². The van der Waals surface area contributed by atoms with E-state index in [1.54, 1.807) is 0 Å². The Hall–Kier alpha value is -5.52. The molecule has 2 aromatic heterocycles. The van der Waals surface area contributed by atoms with E-state index in [2.05, 4.69) is 24.3 Å². The quantitative estimate of drug-likeness (QED) is 0.205. The van der Waals surface area contributed by atoms with Crippen LogP contribution in [0.15, 0.2) is 109 Å². The van der Waals surface area contributed by atoms with E-state index >= 15 is 0 Å². The molecule has 0 saturated heterocycles. The highest BCUT2D eigenvalue weighted by Crippen LogP contribution is 2.33. The average Bonchev–Trinajstić information content (AvgIpc) is 3.70. The first-order chi connectivity index (χ1) is 28.8. The smallest absolute Gasteiger partial charge is 0.164 e. The van der Waals surface area contributed by atoms with Crippen molar-refractivity contribution in [3.63, 3.8) is 0 Å². The van der Waals surface area contributed by atoms with Gasteiger partial charge in [0.1, 0.15) is 86.3 Å². The minimum Gasteiger partial charge on any atom is -0.208 e. The van der Waals surface area contributed by atoms with Crippen LogP contribution in [-0.4, -0.2) is 101 Å². The van der Waals surface area contributed by atoms with Gasteiger partial charge in [0.2, 0.25) is 0 Å². The molecule has 0 aliphatic heterocycles. The van der Waals surface area contributed by atoms with Crippen LogP contribution in [0.3, 0.4) is 0 Å². The molecule has 0 aliphatic carbocycles. The van der Waals surface area contributed by atoms with E-state index in [9.17, 15) is 0 Å². The highest BCUT2D eigenvalue weighted by Gasteiger charge is 2.25. The van der Waals surface area contributed by atoms with Gasteiger partial charge in [0.05, 0.1) is 0 Å². The third-order valence-corrected chi connectivity index (χ3v) is 12.2. The summed E-state index contributed by atoms with van der Waals surface area (Å²) in [5.74, 6) is 0.961. The van der Waals surface area contributed by atoms with Crippen LogP contribution in [0.5, 0.6) is 0 Å². The molecular weight excluding hydrogens is 734 g/mol. The van der Waals surface area contributed by atoms with Crippen LogP contribution >= 0.6 is 11.3 Å². The molecule has 7 aromatic carbocycles. The fraction of sp³-hybridized carbons (Fsp3) is 0. The van der Waals surface area contributed by atoms with Gasteiger partial charge in [-0.15, -0.1) is 27.7 Å². The van der Waals surface area contributed by atoms with E-state index in [1.165, 1.54) is 11.3 Å². The number of benzene rings is 7. The Labute approximate surface area is 367 Å². The van der Waals surface area contributed by atoms with E-state index < -0.39 is 0 Å². The predicted molar refractivity (Wildman–Crippen MR) is 265 cm³/mol. The van der Waals surface area contributed by atoms with Gasteiger partial charge in [-0.3, -0.25) is 0 Å². The third-order valence-electron chi connectivity index (χ3n) is 10.9. The summed E-state index contributed by atoms with van der Waals surface area (Å²) in [6.45, 7) is 0. The van der Waals surface area contributed by atoms with Crippen LogP contribution in [0.2, 0.25) is 0 Å². The van der Waals surface area contributed by atoms with Crippen molar-refractivity contribution in [3.05, 3.63) is 109 Å². The molecule has 0 unspecified atom stereocenters. The summed E-state index contributed by atoms with van der Waals surface area (Å²) in [7, 11) is 73.1. The van der Waals surface area contributed by atoms with Crippen LogP contribution in [0.1, 0.15) is 0 Å². The molecule has 0 fully saturated rings. The molecule has 3 nitrogen and oxygen atoms in total. The zero-order valence-corrected chi connectivity index (χ0v) is 32.8. The minimum atomic E-state index is 0.0222. The molecule has 0 bridgehead atoms. The molecule has 252 valence electrons. The molecule has 2 heterocycles. The first-order valence-corrected chi connectivity index (χ1v) is 19.5. The van der Waals surface area contributed by atoms with Crippen molar-refractivity contribution < 1.29 is 0 Å². The van der Waals surface area contributed by atoms with Crippen LogP contribution < -0.4 is 60.1 Å². The topological polar surface area (TPSA) is 38.7 Å². The van der Waals surface area contributed by atoms with Gasteiger partial charge in [0.25, 0.3) is 0 Å². The Balaban J connectivity index is 1.29. The predicted octanol–water partition coefficient (Wildman–Crippen LogP) is -1.03. The van der Waals surface area contributed by atoms with Crippen LogP contribution in [-0.2, 0) is 0 Å². The number of hydrogen-bond acceptors (Lipinski definition) is 4.